The molecule has 2 amide bonds. The van der Waals surface area contributed by atoms with Gasteiger partial charge in [-0.15, -0.1) is 0 Å². The Kier molecular flexibility index (Phi) is 4.79. The minimum atomic E-state index is -0.226. The molecule has 0 bridgehead atoms. The summed E-state index contributed by atoms with van der Waals surface area (Å²) in [5.74, 6) is 0.182. The zero-order valence-electron chi connectivity index (χ0n) is 14.8. The van der Waals surface area contributed by atoms with Crippen molar-refractivity contribution in [2.45, 2.75) is 20.8 Å². The predicted octanol–water partition coefficient (Wildman–Crippen LogP) is 2.82. The van der Waals surface area contributed by atoms with Crippen LogP contribution in [0.25, 0.3) is 0 Å². The van der Waals surface area contributed by atoms with Crippen molar-refractivity contribution in [3.8, 4) is 0 Å². The number of furan rings is 1. The standard InChI is InChI=1S/C19H23N3O3/c1-13-5-4-6-16(14(13)2)21-9-11-22(12-10-21)19(24)17-7-8-18(25-17)20-15(3)23/h4-8H,9-12H2,1-3H3,(H,20,23). The van der Waals surface area contributed by atoms with E-state index in [-0.39, 0.29) is 17.6 Å². The molecule has 2 aromatic rings. The lowest BCUT2D eigenvalue weighted by molar-refractivity contribution is -0.114. The third-order valence-corrected chi connectivity index (χ3v) is 4.60. The summed E-state index contributed by atoms with van der Waals surface area (Å²) in [6.07, 6.45) is 0. The molecule has 0 atom stereocenters. The first-order chi connectivity index (χ1) is 12.0. The first kappa shape index (κ1) is 17.1. The lowest BCUT2D eigenvalue weighted by Gasteiger charge is -2.36. The molecule has 0 spiro atoms. The second-order valence-electron chi connectivity index (χ2n) is 6.34. The number of carbonyl (C=O) groups excluding carboxylic acids is 2. The lowest BCUT2D eigenvalue weighted by atomic mass is 10.1. The summed E-state index contributed by atoms with van der Waals surface area (Å²) in [6.45, 7) is 8.50. The topological polar surface area (TPSA) is 65.8 Å². The Labute approximate surface area is 147 Å². The Hall–Kier alpha value is -2.76. The fourth-order valence-electron chi connectivity index (χ4n) is 3.08. The number of hydrogen-bond acceptors (Lipinski definition) is 4. The highest BCUT2D eigenvalue weighted by atomic mass is 16.4. The monoisotopic (exact) mass is 341 g/mol. The normalized spacial score (nSPS) is 14.5. The van der Waals surface area contributed by atoms with E-state index in [4.69, 9.17) is 4.42 Å². The second-order valence-corrected chi connectivity index (χ2v) is 6.34. The van der Waals surface area contributed by atoms with E-state index in [1.165, 1.54) is 23.7 Å². The Morgan fingerprint density at radius 1 is 1.04 bits per heavy atom. The van der Waals surface area contributed by atoms with Crippen LogP contribution >= 0.6 is 0 Å². The van der Waals surface area contributed by atoms with E-state index in [1.54, 1.807) is 17.0 Å². The summed E-state index contributed by atoms with van der Waals surface area (Å²) < 4.78 is 5.42. The van der Waals surface area contributed by atoms with Gasteiger partial charge in [0.1, 0.15) is 0 Å². The molecule has 1 fully saturated rings. The maximum atomic E-state index is 12.6. The van der Waals surface area contributed by atoms with Crippen molar-refractivity contribution in [1.82, 2.24) is 4.90 Å². The molecule has 1 aromatic carbocycles. The number of rotatable bonds is 3. The number of piperazine rings is 1. The van der Waals surface area contributed by atoms with E-state index in [1.807, 2.05) is 0 Å². The highest BCUT2D eigenvalue weighted by Crippen LogP contribution is 2.24. The van der Waals surface area contributed by atoms with Crippen molar-refractivity contribution in [3.63, 3.8) is 0 Å². The molecule has 25 heavy (non-hydrogen) atoms. The average molecular weight is 341 g/mol. The summed E-state index contributed by atoms with van der Waals surface area (Å²) in [4.78, 5) is 27.7. The average Bonchev–Trinajstić information content (AvgIpc) is 3.04. The molecule has 1 saturated heterocycles. The molecule has 0 aliphatic carbocycles. The smallest absolute Gasteiger partial charge is 0.289 e. The van der Waals surface area contributed by atoms with Crippen molar-refractivity contribution in [2.24, 2.45) is 0 Å². The van der Waals surface area contributed by atoms with Crippen LogP contribution in [0, 0.1) is 13.8 Å². The lowest BCUT2D eigenvalue weighted by Crippen LogP contribution is -2.49. The molecule has 0 radical (unpaired) electrons. The van der Waals surface area contributed by atoms with Crippen molar-refractivity contribution in [2.75, 3.05) is 36.4 Å². The zero-order chi connectivity index (χ0) is 18.0. The van der Waals surface area contributed by atoms with Gasteiger partial charge in [-0.25, -0.2) is 0 Å². The molecule has 1 N–H and O–H groups in total. The second kappa shape index (κ2) is 7.01. The van der Waals surface area contributed by atoms with E-state index in [9.17, 15) is 9.59 Å². The number of aryl methyl sites for hydroxylation is 1. The van der Waals surface area contributed by atoms with Crippen LogP contribution < -0.4 is 10.2 Å². The predicted molar refractivity (Wildman–Crippen MR) is 97.0 cm³/mol. The SMILES string of the molecule is CC(=O)Nc1ccc(C(=O)N2CCN(c3cccc(C)c3C)CC2)o1. The van der Waals surface area contributed by atoms with Crippen LogP contribution in [0.2, 0.25) is 0 Å². The largest absolute Gasteiger partial charge is 0.435 e. The molecule has 132 valence electrons. The highest BCUT2D eigenvalue weighted by Gasteiger charge is 2.25. The van der Waals surface area contributed by atoms with Crippen molar-refractivity contribution in [1.29, 1.82) is 0 Å². The van der Waals surface area contributed by atoms with Crippen LogP contribution in [0.15, 0.2) is 34.7 Å². The molecule has 0 saturated carbocycles. The Morgan fingerprint density at radius 3 is 2.44 bits per heavy atom. The number of amides is 2. The maximum absolute atomic E-state index is 12.6. The molecule has 2 heterocycles. The summed E-state index contributed by atoms with van der Waals surface area (Å²) >= 11 is 0. The minimum Gasteiger partial charge on any atom is -0.435 e. The van der Waals surface area contributed by atoms with Crippen molar-refractivity contribution < 1.29 is 14.0 Å². The quantitative estimate of drug-likeness (QED) is 0.932. The van der Waals surface area contributed by atoms with Crippen LogP contribution in [-0.2, 0) is 4.79 Å². The van der Waals surface area contributed by atoms with Gasteiger partial charge in [-0.3, -0.25) is 14.9 Å². The van der Waals surface area contributed by atoms with Gasteiger partial charge in [-0.2, -0.15) is 0 Å². The summed E-state index contributed by atoms with van der Waals surface area (Å²) in [6, 6.07) is 9.52. The van der Waals surface area contributed by atoms with Crippen LogP contribution in [0.4, 0.5) is 11.6 Å². The molecule has 6 nitrogen and oxygen atoms in total. The number of hydrogen-bond donors (Lipinski definition) is 1. The molecule has 1 aliphatic rings. The van der Waals surface area contributed by atoms with Gasteiger partial charge in [0.25, 0.3) is 5.91 Å². The number of nitrogens with zero attached hydrogens (tertiary/aromatic N) is 2. The van der Waals surface area contributed by atoms with Gasteiger partial charge < -0.3 is 14.2 Å². The third-order valence-electron chi connectivity index (χ3n) is 4.60. The van der Waals surface area contributed by atoms with Crippen LogP contribution in [0.1, 0.15) is 28.6 Å². The molecule has 1 aromatic heterocycles. The minimum absolute atomic E-state index is 0.141. The Bertz CT molecular complexity index is 789. The van der Waals surface area contributed by atoms with Crippen molar-refractivity contribution >= 4 is 23.4 Å². The molecule has 6 heteroatoms. The van der Waals surface area contributed by atoms with E-state index in [2.05, 4.69) is 42.3 Å². The third kappa shape index (κ3) is 3.68. The van der Waals surface area contributed by atoms with E-state index >= 15 is 0 Å². The summed E-state index contributed by atoms with van der Waals surface area (Å²) in [5, 5.41) is 2.54. The molecular formula is C19H23N3O3. The van der Waals surface area contributed by atoms with Gasteiger partial charge >= 0.3 is 0 Å². The first-order valence-corrected chi connectivity index (χ1v) is 8.43. The summed E-state index contributed by atoms with van der Waals surface area (Å²) in [7, 11) is 0. The van der Waals surface area contributed by atoms with Gasteiger partial charge in [0.2, 0.25) is 5.91 Å². The Balaban J connectivity index is 1.63. The van der Waals surface area contributed by atoms with Gasteiger partial charge in [0, 0.05) is 44.9 Å². The van der Waals surface area contributed by atoms with Gasteiger partial charge in [0.15, 0.2) is 11.6 Å². The Morgan fingerprint density at radius 2 is 1.76 bits per heavy atom. The molecule has 0 unspecified atom stereocenters. The maximum Gasteiger partial charge on any atom is 0.289 e. The van der Waals surface area contributed by atoms with Crippen molar-refractivity contribution in [3.05, 3.63) is 47.2 Å². The first-order valence-electron chi connectivity index (χ1n) is 8.43. The van der Waals surface area contributed by atoms with Gasteiger partial charge in [-0.1, -0.05) is 12.1 Å². The highest BCUT2D eigenvalue weighted by molar-refractivity contribution is 5.93. The number of nitrogens with one attached hydrogen (secondary N) is 1. The van der Waals surface area contributed by atoms with Crippen LogP contribution in [0.5, 0.6) is 0 Å². The molecule has 3 rings (SSSR count). The zero-order valence-corrected chi connectivity index (χ0v) is 14.8. The van der Waals surface area contributed by atoms with Crippen LogP contribution in [-0.4, -0.2) is 42.9 Å². The van der Waals surface area contributed by atoms with E-state index in [0.717, 1.165) is 13.1 Å². The van der Waals surface area contributed by atoms with Crippen LogP contribution in [0.3, 0.4) is 0 Å². The molecule has 1 aliphatic heterocycles. The number of anilines is 2. The number of benzene rings is 1. The van der Waals surface area contributed by atoms with Gasteiger partial charge in [0.05, 0.1) is 0 Å². The van der Waals surface area contributed by atoms with E-state index in [0.29, 0.717) is 19.0 Å². The summed E-state index contributed by atoms with van der Waals surface area (Å²) in [5.41, 5.74) is 3.79. The molecular weight excluding hydrogens is 318 g/mol. The fourth-order valence-corrected chi connectivity index (χ4v) is 3.08. The van der Waals surface area contributed by atoms with E-state index < -0.39 is 0 Å². The fraction of sp³-hybridized carbons (Fsp3) is 0.368. The number of carbonyl (C=O) groups is 2. The van der Waals surface area contributed by atoms with Gasteiger partial charge in [-0.05, 0) is 37.1 Å².